The van der Waals surface area contributed by atoms with Crippen LogP contribution in [-0.4, -0.2) is 15.6 Å². The average Bonchev–Trinajstić information content (AvgIpc) is 2.16. The molecular weight excluding hydrogens is 456 g/mol. The van der Waals surface area contributed by atoms with Crippen LogP contribution in [-0.2, 0) is 14.6 Å². The molecule has 0 radical (unpaired) electrons. The van der Waals surface area contributed by atoms with Crippen LogP contribution in [0, 0.1) is 0 Å². The van der Waals surface area contributed by atoms with E-state index in [1.54, 1.807) is 12.1 Å². The number of carbonyl (C=O) groups excluding carboxylic acids is 1. The van der Waals surface area contributed by atoms with Gasteiger partial charge < -0.3 is 5.32 Å². The summed E-state index contributed by atoms with van der Waals surface area (Å²) in [7, 11) is -3.31. The summed E-state index contributed by atoms with van der Waals surface area (Å²) >= 11 is 3.67. The molecule has 1 aromatic carbocycles. The van der Waals surface area contributed by atoms with E-state index in [0.717, 1.165) is 0 Å². The van der Waals surface area contributed by atoms with Crippen molar-refractivity contribution in [1.29, 1.82) is 0 Å². The van der Waals surface area contributed by atoms with Crippen LogP contribution in [0.4, 0.5) is 5.69 Å². The maximum atomic E-state index is 11.8. The summed E-state index contributed by atoms with van der Waals surface area (Å²) in [5.74, 6) is -0.227. The molecule has 0 unspecified atom stereocenters. The van der Waals surface area contributed by atoms with Crippen molar-refractivity contribution in [2.75, 3.05) is 5.32 Å². The molecule has 4 nitrogen and oxygen atoms in total. The van der Waals surface area contributed by atoms with E-state index < -0.39 is 11.1 Å². The molecule has 0 fully saturated rings. The van der Waals surface area contributed by atoms with Gasteiger partial charge in [-0.05, 0) is 18.2 Å². The Bertz CT molecular complexity index is 499. The van der Waals surface area contributed by atoms with Crippen molar-refractivity contribution in [3.8, 4) is 0 Å². The first kappa shape index (κ1) is 14.2. The van der Waals surface area contributed by atoms with E-state index in [1.165, 1.54) is 19.1 Å². The van der Waals surface area contributed by atoms with E-state index in [4.69, 9.17) is 0 Å². The minimum atomic E-state index is -3.31. The second-order valence-electron chi connectivity index (χ2n) is 3.01. The SMILES string of the molecule is CC(=O)Nc1cccc(S(=O)(=O)C(I)I)c1. The van der Waals surface area contributed by atoms with Crippen molar-refractivity contribution in [2.45, 2.75) is 13.1 Å². The molecule has 1 rings (SSSR count). The van der Waals surface area contributed by atoms with Gasteiger partial charge in [-0.25, -0.2) is 8.42 Å². The minimum Gasteiger partial charge on any atom is -0.326 e. The van der Waals surface area contributed by atoms with Gasteiger partial charge in [0.1, 0.15) is 0 Å². The summed E-state index contributed by atoms with van der Waals surface area (Å²) in [6, 6.07) is 6.23. The van der Waals surface area contributed by atoms with E-state index >= 15 is 0 Å². The van der Waals surface area contributed by atoms with Crippen molar-refractivity contribution in [1.82, 2.24) is 0 Å². The summed E-state index contributed by atoms with van der Waals surface area (Å²) < 4.78 is 23.2. The maximum absolute atomic E-state index is 11.8. The third-order valence-corrected chi connectivity index (χ3v) is 7.11. The number of hydrogen-bond acceptors (Lipinski definition) is 3. The van der Waals surface area contributed by atoms with Crippen molar-refractivity contribution in [3.63, 3.8) is 0 Å². The zero-order valence-corrected chi connectivity index (χ0v) is 13.4. The highest BCUT2D eigenvalue weighted by atomic mass is 127. The zero-order valence-electron chi connectivity index (χ0n) is 8.28. The third-order valence-electron chi connectivity index (χ3n) is 1.72. The number of benzene rings is 1. The van der Waals surface area contributed by atoms with E-state index in [1.807, 2.05) is 45.2 Å². The number of amides is 1. The van der Waals surface area contributed by atoms with Gasteiger partial charge in [-0.1, -0.05) is 51.2 Å². The second-order valence-corrected chi connectivity index (χ2v) is 11.6. The Morgan fingerprint density at radius 3 is 2.50 bits per heavy atom. The Balaban J connectivity index is 3.13. The normalized spacial score (nSPS) is 11.5. The molecular formula is C9H9I2NO3S. The van der Waals surface area contributed by atoms with Gasteiger partial charge in [-0.2, -0.15) is 0 Å². The van der Waals surface area contributed by atoms with Gasteiger partial charge in [0, 0.05) is 12.6 Å². The first-order valence-electron chi connectivity index (χ1n) is 4.24. The number of alkyl halides is 2. The largest absolute Gasteiger partial charge is 0.326 e. The van der Waals surface area contributed by atoms with E-state index in [9.17, 15) is 13.2 Å². The molecule has 1 aromatic rings. The van der Waals surface area contributed by atoms with E-state index in [-0.39, 0.29) is 10.8 Å². The Hall–Kier alpha value is 0.1000. The molecule has 0 bridgehead atoms. The Morgan fingerprint density at radius 2 is 2.00 bits per heavy atom. The fourth-order valence-corrected chi connectivity index (χ4v) is 3.58. The quantitative estimate of drug-likeness (QED) is 0.552. The zero-order chi connectivity index (χ0) is 12.3. The van der Waals surface area contributed by atoms with Crippen LogP contribution in [0.2, 0.25) is 0 Å². The molecule has 16 heavy (non-hydrogen) atoms. The molecule has 0 aliphatic heterocycles. The second kappa shape index (κ2) is 5.63. The highest BCUT2D eigenvalue weighted by Gasteiger charge is 2.22. The van der Waals surface area contributed by atoms with Crippen LogP contribution in [0.3, 0.4) is 0 Å². The predicted octanol–water partition coefficient (Wildman–Crippen LogP) is 2.57. The fourth-order valence-electron chi connectivity index (χ4n) is 1.06. The van der Waals surface area contributed by atoms with Gasteiger partial charge in [-0.3, -0.25) is 4.79 Å². The Kier molecular flexibility index (Phi) is 4.98. The lowest BCUT2D eigenvalue weighted by atomic mass is 10.3. The van der Waals surface area contributed by atoms with Crippen molar-refractivity contribution < 1.29 is 13.2 Å². The van der Waals surface area contributed by atoms with Gasteiger partial charge in [0.15, 0.2) is 11.1 Å². The molecule has 0 atom stereocenters. The first-order valence-corrected chi connectivity index (χ1v) is 8.27. The number of halogens is 2. The standard InChI is InChI=1S/C9H9I2NO3S/c1-6(13)12-7-3-2-4-8(5-7)16(14,15)9(10)11/h2-5,9H,1H3,(H,12,13). The molecule has 0 heterocycles. The van der Waals surface area contributed by atoms with Crippen LogP contribution in [0.25, 0.3) is 0 Å². The molecule has 1 N–H and O–H groups in total. The van der Waals surface area contributed by atoms with Crippen LogP contribution in [0.1, 0.15) is 6.92 Å². The summed E-state index contributed by atoms with van der Waals surface area (Å²) in [5, 5.41) is 2.55. The summed E-state index contributed by atoms with van der Waals surface area (Å²) in [6.07, 6.45) is 0. The topological polar surface area (TPSA) is 63.2 Å². The van der Waals surface area contributed by atoms with Crippen molar-refractivity contribution in [3.05, 3.63) is 24.3 Å². The molecule has 0 aliphatic rings. The van der Waals surface area contributed by atoms with Gasteiger partial charge >= 0.3 is 0 Å². The summed E-state index contributed by atoms with van der Waals surface area (Å²) in [5.41, 5.74) is 0.488. The highest BCUT2D eigenvalue weighted by Crippen LogP contribution is 2.27. The Morgan fingerprint density at radius 1 is 1.38 bits per heavy atom. The molecule has 7 heteroatoms. The van der Waals surface area contributed by atoms with Crippen LogP contribution < -0.4 is 5.32 Å². The van der Waals surface area contributed by atoms with E-state index in [2.05, 4.69) is 5.32 Å². The molecule has 0 aromatic heterocycles. The predicted molar refractivity (Wildman–Crippen MR) is 79.8 cm³/mol. The fraction of sp³-hybridized carbons (Fsp3) is 0.222. The highest BCUT2D eigenvalue weighted by molar-refractivity contribution is 14.2. The molecule has 0 aliphatic carbocycles. The lowest BCUT2D eigenvalue weighted by Crippen LogP contribution is -2.10. The Labute approximate surface area is 121 Å². The summed E-state index contributed by atoms with van der Waals surface area (Å²) in [6.45, 7) is 1.38. The summed E-state index contributed by atoms with van der Waals surface area (Å²) in [4.78, 5) is 11.1. The van der Waals surface area contributed by atoms with Crippen LogP contribution in [0.5, 0.6) is 0 Å². The van der Waals surface area contributed by atoms with Crippen LogP contribution >= 0.6 is 45.2 Å². The van der Waals surface area contributed by atoms with Crippen LogP contribution in [0.15, 0.2) is 29.2 Å². The number of rotatable bonds is 3. The molecule has 0 spiro atoms. The lowest BCUT2D eigenvalue weighted by Gasteiger charge is -2.07. The number of anilines is 1. The van der Waals surface area contributed by atoms with Gasteiger partial charge in [-0.15, -0.1) is 0 Å². The number of carbonyl (C=O) groups is 1. The smallest absolute Gasteiger partial charge is 0.221 e. The maximum Gasteiger partial charge on any atom is 0.221 e. The van der Waals surface area contributed by atoms with Gasteiger partial charge in [0.05, 0.1) is 4.90 Å². The molecule has 88 valence electrons. The number of nitrogens with one attached hydrogen (secondary N) is 1. The van der Waals surface area contributed by atoms with Crippen molar-refractivity contribution >= 4 is 66.6 Å². The number of hydrogen-bond donors (Lipinski definition) is 1. The molecule has 1 amide bonds. The lowest BCUT2D eigenvalue weighted by molar-refractivity contribution is -0.114. The van der Waals surface area contributed by atoms with Gasteiger partial charge in [0.25, 0.3) is 0 Å². The average molecular weight is 465 g/mol. The molecule has 0 saturated carbocycles. The molecule has 0 saturated heterocycles. The minimum absolute atomic E-state index is 0.215. The first-order chi connectivity index (χ1) is 7.34. The third kappa shape index (κ3) is 3.55. The van der Waals surface area contributed by atoms with Gasteiger partial charge in [0.2, 0.25) is 5.91 Å². The number of sulfone groups is 1. The van der Waals surface area contributed by atoms with Crippen molar-refractivity contribution in [2.24, 2.45) is 0 Å². The van der Waals surface area contributed by atoms with E-state index in [0.29, 0.717) is 5.69 Å². The monoisotopic (exact) mass is 465 g/mol.